The predicted octanol–water partition coefficient (Wildman–Crippen LogP) is 5.29. The van der Waals surface area contributed by atoms with Crippen LogP contribution >= 0.6 is 16.2 Å². The molecule has 0 heterocycles. The summed E-state index contributed by atoms with van der Waals surface area (Å²) in [7, 11) is -6.84. The highest BCUT2D eigenvalue weighted by Gasteiger charge is 2.36. The van der Waals surface area contributed by atoms with E-state index in [9.17, 15) is 4.57 Å². The molecule has 0 unspecified atom stereocenters. The Labute approximate surface area is 137 Å². The summed E-state index contributed by atoms with van der Waals surface area (Å²) in [5, 5.41) is 0. The third kappa shape index (κ3) is 8.78. The molecule has 0 fully saturated rings. The fourth-order valence-electron chi connectivity index (χ4n) is 1.41. The van der Waals surface area contributed by atoms with Gasteiger partial charge in [-0.25, -0.2) is 0 Å². The third-order valence-electron chi connectivity index (χ3n) is 2.06. The Hall–Kier alpha value is 0.257. The standard InChI is InChI=1S/C13H30O6P2Si/c1-8-15-20(16-9-2)19-13(12-22(5,6)7)21(14,17-10-3)18-11-4/h12H,8-11H2,1-7H3/b13-12+. The van der Waals surface area contributed by atoms with Crippen molar-refractivity contribution in [2.24, 2.45) is 0 Å². The minimum absolute atomic E-state index is 0.211. The molecule has 0 aliphatic rings. The van der Waals surface area contributed by atoms with E-state index in [0.717, 1.165) is 0 Å². The second-order valence-corrected chi connectivity index (χ2v) is 13.5. The van der Waals surface area contributed by atoms with Crippen LogP contribution in [0, 0.1) is 0 Å². The van der Waals surface area contributed by atoms with Gasteiger partial charge >= 0.3 is 16.2 Å². The maximum atomic E-state index is 13.0. The molecule has 0 aromatic heterocycles. The summed E-state index contributed by atoms with van der Waals surface area (Å²) in [6.45, 7) is 15.0. The van der Waals surface area contributed by atoms with E-state index in [-0.39, 0.29) is 18.7 Å². The first kappa shape index (κ1) is 22.3. The van der Waals surface area contributed by atoms with Crippen molar-refractivity contribution in [3.05, 3.63) is 11.2 Å². The number of hydrogen-bond donors (Lipinski definition) is 0. The summed E-state index contributed by atoms with van der Waals surface area (Å²) in [6.07, 6.45) is 0. The Bertz CT molecular complexity index is 367. The number of rotatable bonds is 12. The fourth-order valence-corrected chi connectivity index (χ4v) is 6.52. The SMILES string of the molecule is CCOP(OCC)O/C(=C\[Si](C)(C)C)P(=O)(OCC)OCC. The van der Waals surface area contributed by atoms with Crippen LogP contribution in [0.5, 0.6) is 0 Å². The van der Waals surface area contributed by atoms with Crippen molar-refractivity contribution >= 4 is 24.3 Å². The Kier molecular flexibility index (Phi) is 11.1. The number of hydrogen-bond acceptors (Lipinski definition) is 6. The smallest absolute Gasteiger partial charge is 0.397 e. The lowest BCUT2D eigenvalue weighted by Crippen LogP contribution is -2.18. The average molecular weight is 372 g/mol. The Morgan fingerprint density at radius 3 is 1.73 bits per heavy atom. The van der Waals surface area contributed by atoms with Crippen LogP contribution in [-0.4, -0.2) is 34.5 Å². The van der Waals surface area contributed by atoms with Gasteiger partial charge in [0, 0.05) is 0 Å². The minimum atomic E-state index is -3.50. The highest BCUT2D eigenvalue weighted by atomic mass is 31.2. The van der Waals surface area contributed by atoms with Gasteiger partial charge in [-0.05, 0) is 33.4 Å². The Morgan fingerprint density at radius 2 is 1.41 bits per heavy atom. The lowest BCUT2D eigenvalue weighted by molar-refractivity contribution is 0.183. The summed E-state index contributed by atoms with van der Waals surface area (Å²) in [4.78, 5) is 0. The zero-order valence-electron chi connectivity index (χ0n) is 14.7. The van der Waals surface area contributed by atoms with Gasteiger partial charge in [0.05, 0.1) is 34.5 Å². The average Bonchev–Trinajstić information content (AvgIpc) is 2.37. The molecule has 0 N–H and O–H groups in total. The maximum Gasteiger partial charge on any atom is 0.397 e. The molecular weight excluding hydrogens is 342 g/mol. The third-order valence-corrected chi connectivity index (χ3v) is 6.82. The van der Waals surface area contributed by atoms with Gasteiger partial charge in [-0.2, -0.15) is 0 Å². The molecule has 0 spiro atoms. The van der Waals surface area contributed by atoms with E-state index in [2.05, 4.69) is 19.6 Å². The van der Waals surface area contributed by atoms with Crippen molar-refractivity contribution in [3.63, 3.8) is 0 Å². The maximum absolute atomic E-state index is 13.0. The molecule has 0 aromatic rings. The Morgan fingerprint density at radius 1 is 0.955 bits per heavy atom. The molecule has 0 aliphatic carbocycles. The quantitative estimate of drug-likeness (QED) is 0.264. The van der Waals surface area contributed by atoms with Crippen LogP contribution in [-0.2, 0) is 27.2 Å². The molecular formula is C13H30O6P2Si. The summed E-state index contributed by atoms with van der Waals surface area (Å²) in [6, 6.07) is 0. The van der Waals surface area contributed by atoms with E-state index < -0.39 is 24.3 Å². The van der Waals surface area contributed by atoms with E-state index in [1.165, 1.54) is 0 Å². The molecule has 0 saturated carbocycles. The predicted molar refractivity (Wildman–Crippen MR) is 93.5 cm³/mol. The van der Waals surface area contributed by atoms with Crippen LogP contribution in [0.15, 0.2) is 11.2 Å². The van der Waals surface area contributed by atoms with Crippen molar-refractivity contribution < 1.29 is 27.2 Å². The summed E-state index contributed by atoms with van der Waals surface area (Å²) in [5.74, 6) is 0. The van der Waals surface area contributed by atoms with Crippen molar-refractivity contribution in [1.29, 1.82) is 0 Å². The Balaban J connectivity index is 5.52. The summed E-state index contributed by atoms with van der Waals surface area (Å²) in [5.41, 5.74) is 2.09. The minimum Gasteiger partial charge on any atom is -0.419 e. The second-order valence-electron chi connectivity index (χ2n) is 5.33. The second kappa shape index (κ2) is 10.9. The molecule has 0 aliphatic heterocycles. The molecule has 0 amide bonds. The van der Waals surface area contributed by atoms with E-state index in [4.69, 9.17) is 22.6 Å². The first-order valence-corrected chi connectivity index (χ1v) is 13.8. The molecule has 22 heavy (non-hydrogen) atoms. The molecule has 9 heteroatoms. The van der Waals surface area contributed by atoms with Crippen molar-refractivity contribution in [3.8, 4) is 0 Å². The van der Waals surface area contributed by atoms with Gasteiger partial charge in [-0.1, -0.05) is 19.6 Å². The van der Waals surface area contributed by atoms with Gasteiger partial charge < -0.3 is 22.6 Å². The monoisotopic (exact) mass is 372 g/mol. The van der Waals surface area contributed by atoms with Crippen LogP contribution < -0.4 is 0 Å². The van der Waals surface area contributed by atoms with Crippen molar-refractivity contribution in [2.75, 3.05) is 26.4 Å². The highest BCUT2D eigenvalue weighted by molar-refractivity contribution is 7.59. The summed E-state index contributed by atoms with van der Waals surface area (Å²) < 4.78 is 40.5. The zero-order valence-corrected chi connectivity index (χ0v) is 17.5. The zero-order chi connectivity index (χ0) is 17.2. The molecule has 6 nitrogen and oxygen atoms in total. The van der Waals surface area contributed by atoms with Gasteiger partial charge in [0.15, 0.2) is 0 Å². The molecule has 0 radical (unpaired) electrons. The lowest BCUT2D eigenvalue weighted by atomic mass is 10.9. The first-order chi connectivity index (χ1) is 10.2. The molecule has 0 bridgehead atoms. The first-order valence-electron chi connectivity index (χ1n) is 7.58. The summed E-state index contributed by atoms with van der Waals surface area (Å²) >= 11 is 0. The van der Waals surface area contributed by atoms with E-state index in [0.29, 0.717) is 13.2 Å². The molecule has 0 saturated heterocycles. The molecule has 0 rings (SSSR count). The molecule has 0 atom stereocenters. The van der Waals surface area contributed by atoms with Gasteiger partial charge in [0.1, 0.15) is 0 Å². The van der Waals surface area contributed by atoms with Crippen molar-refractivity contribution in [1.82, 2.24) is 0 Å². The van der Waals surface area contributed by atoms with E-state index in [1.54, 1.807) is 13.8 Å². The lowest BCUT2D eigenvalue weighted by Gasteiger charge is -2.25. The van der Waals surface area contributed by atoms with Gasteiger partial charge in [-0.15, -0.1) is 0 Å². The van der Waals surface area contributed by atoms with Gasteiger partial charge in [-0.3, -0.25) is 4.57 Å². The van der Waals surface area contributed by atoms with E-state index in [1.807, 2.05) is 19.5 Å². The van der Waals surface area contributed by atoms with Crippen LogP contribution in [0.25, 0.3) is 0 Å². The van der Waals surface area contributed by atoms with E-state index >= 15 is 0 Å². The van der Waals surface area contributed by atoms with Gasteiger partial charge in [0.2, 0.25) is 5.50 Å². The normalized spacial score (nSPS) is 13.7. The largest absolute Gasteiger partial charge is 0.419 e. The topological polar surface area (TPSA) is 63.2 Å². The van der Waals surface area contributed by atoms with Gasteiger partial charge in [0.25, 0.3) is 0 Å². The van der Waals surface area contributed by atoms with Crippen LogP contribution in [0.3, 0.4) is 0 Å². The molecule has 0 aromatic carbocycles. The highest BCUT2D eigenvalue weighted by Crippen LogP contribution is 2.61. The van der Waals surface area contributed by atoms with Crippen LogP contribution in [0.4, 0.5) is 0 Å². The van der Waals surface area contributed by atoms with Crippen LogP contribution in [0.1, 0.15) is 27.7 Å². The van der Waals surface area contributed by atoms with Crippen molar-refractivity contribution in [2.45, 2.75) is 47.3 Å². The van der Waals surface area contributed by atoms with Crippen LogP contribution in [0.2, 0.25) is 19.6 Å². The molecule has 132 valence electrons. The fraction of sp³-hybridized carbons (Fsp3) is 0.846.